The fourth-order valence-electron chi connectivity index (χ4n) is 3.21. The number of carbonyl (C=O) groups excluding carboxylic acids is 1. The molecule has 144 valence electrons. The number of hydrogen-bond donors (Lipinski definition) is 1. The Bertz CT molecular complexity index is 1320. The average Bonchev–Trinajstić information content (AvgIpc) is 3.47. The molecule has 0 amide bonds. The summed E-state index contributed by atoms with van der Waals surface area (Å²) < 4.78 is 13.3. The quantitative estimate of drug-likeness (QED) is 0.463. The molecule has 5 rings (SSSR count). The van der Waals surface area contributed by atoms with Crippen LogP contribution in [0.4, 0.5) is 5.95 Å². The zero-order valence-electron chi connectivity index (χ0n) is 15.3. The highest BCUT2D eigenvalue weighted by Gasteiger charge is 2.26. The van der Waals surface area contributed by atoms with Gasteiger partial charge in [0.25, 0.3) is 0 Å². The number of nitrogens with two attached hydrogens (primary N) is 1. The normalized spacial score (nSPS) is 12.4. The molecule has 0 radical (unpaired) electrons. The van der Waals surface area contributed by atoms with E-state index in [2.05, 4.69) is 20.2 Å². The molecule has 0 saturated heterocycles. The number of fused-ring (bicyclic) bond motifs is 3. The monoisotopic (exact) mass is 389 g/mol. The predicted octanol–water partition coefficient (Wildman–Crippen LogP) is 2.08. The first kappa shape index (κ1) is 16.9. The smallest absolute Gasteiger partial charge is 0.335 e. The van der Waals surface area contributed by atoms with E-state index in [0.29, 0.717) is 28.3 Å². The van der Waals surface area contributed by atoms with Crippen LogP contribution in [0.5, 0.6) is 0 Å². The van der Waals surface area contributed by atoms with Crippen molar-refractivity contribution in [1.29, 1.82) is 0 Å². The summed E-state index contributed by atoms with van der Waals surface area (Å²) in [5.74, 6) is 0.546. The van der Waals surface area contributed by atoms with Crippen molar-refractivity contribution in [1.82, 2.24) is 29.4 Å². The first-order valence-electron chi connectivity index (χ1n) is 8.73. The molecule has 5 aromatic rings. The Morgan fingerprint density at radius 2 is 1.97 bits per heavy atom. The lowest BCUT2D eigenvalue weighted by molar-refractivity contribution is -0.143. The van der Waals surface area contributed by atoms with Crippen LogP contribution in [0, 0.1) is 0 Å². The number of nitrogen functional groups attached to an aromatic ring is 1. The van der Waals surface area contributed by atoms with Crippen LogP contribution < -0.4 is 5.73 Å². The van der Waals surface area contributed by atoms with Gasteiger partial charge >= 0.3 is 5.97 Å². The van der Waals surface area contributed by atoms with Gasteiger partial charge in [0.05, 0.1) is 18.8 Å². The molecule has 0 fully saturated rings. The van der Waals surface area contributed by atoms with Crippen molar-refractivity contribution in [2.75, 3.05) is 12.8 Å². The van der Waals surface area contributed by atoms with Gasteiger partial charge in [0.1, 0.15) is 0 Å². The highest BCUT2D eigenvalue weighted by molar-refractivity contribution is 5.90. The number of benzene rings is 1. The summed E-state index contributed by atoms with van der Waals surface area (Å²) in [6, 6.07) is 11.9. The minimum Gasteiger partial charge on any atom is -0.467 e. The molecule has 0 saturated carbocycles. The largest absolute Gasteiger partial charge is 0.467 e. The Morgan fingerprint density at radius 1 is 1.14 bits per heavy atom. The predicted molar refractivity (Wildman–Crippen MR) is 103 cm³/mol. The summed E-state index contributed by atoms with van der Waals surface area (Å²) >= 11 is 0. The highest BCUT2D eigenvalue weighted by atomic mass is 16.5. The molecule has 1 atom stereocenters. The van der Waals surface area contributed by atoms with Crippen molar-refractivity contribution < 1.29 is 13.9 Å². The number of nitrogens with zero attached hydrogens (tertiary/aromatic N) is 6. The fraction of sp³-hybridized carbons (Fsp3) is 0.105. The molecule has 4 heterocycles. The number of aromatic nitrogens is 6. The highest BCUT2D eigenvalue weighted by Crippen LogP contribution is 2.26. The van der Waals surface area contributed by atoms with E-state index < -0.39 is 12.0 Å². The SMILES string of the molecule is COC(=O)C(c1ccccc1)n1cc2c(nc(N)n3nc(-c4ccco4)nc23)n1. The van der Waals surface area contributed by atoms with E-state index in [-0.39, 0.29) is 5.95 Å². The number of furan rings is 1. The molecule has 2 N–H and O–H groups in total. The van der Waals surface area contributed by atoms with E-state index in [4.69, 9.17) is 14.9 Å². The molecule has 0 bridgehead atoms. The van der Waals surface area contributed by atoms with Crippen LogP contribution in [0.25, 0.3) is 28.3 Å². The minimum atomic E-state index is -0.774. The third kappa shape index (κ3) is 2.69. The van der Waals surface area contributed by atoms with E-state index in [9.17, 15) is 4.79 Å². The first-order chi connectivity index (χ1) is 14.2. The van der Waals surface area contributed by atoms with Crippen molar-refractivity contribution >= 4 is 28.6 Å². The van der Waals surface area contributed by atoms with Gasteiger partial charge < -0.3 is 14.9 Å². The zero-order valence-corrected chi connectivity index (χ0v) is 15.3. The third-order valence-corrected chi connectivity index (χ3v) is 4.54. The standard InChI is InChI=1S/C19H15N7O3/c1-28-18(27)14(11-6-3-2-4-7-11)25-10-12-15(23-25)22-19(20)26-17(12)21-16(24-26)13-8-5-9-29-13/h2-10,14H,1H3,(H2,20,22,23). The summed E-state index contributed by atoms with van der Waals surface area (Å²) in [4.78, 5) is 21.3. The molecule has 1 unspecified atom stereocenters. The van der Waals surface area contributed by atoms with Gasteiger partial charge in [0.15, 0.2) is 23.1 Å². The van der Waals surface area contributed by atoms with E-state index in [1.54, 1.807) is 18.3 Å². The van der Waals surface area contributed by atoms with Crippen LogP contribution in [0.3, 0.4) is 0 Å². The van der Waals surface area contributed by atoms with Gasteiger partial charge in [-0.15, -0.1) is 5.10 Å². The summed E-state index contributed by atoms with van der Waals surface area (Å²) in [5.41, 5.74) is 7.59. The zero-order chi connectivity index (χ0) is 20.0. The van der Waals surface area contributed by atoms with Gasteiger partial charge in [-0.1, -0.05) is 30.3 Å². The number of carbonyl (C=O) groups is 1. The Labute approximate surface area is 163 Å². The lowest BCUT2D eigenvalue weighted by atomic mass is 10.1. The number of rotatable bonds is 4. The molecular formula is C19H15N7O3. The van der Waals surface area contributed by atoms with Crippen LogP contribution in [-0.2, 0) is 9.53 Å². The van der Waals surface area contributed by atoms with Crippen LogP contribution in [-0.4, -0.2) is 42.4 Å². The average molecular weight is 389 g/mol. The Hall–Kier alpha value is -4.21. The summed E-state index contributed by atoms with van der Waals surface area (Å²) in [6.07, 6.45) is 3.23. The summed E-state index contributed by atoms with van der Waals surface area (Å²) in [5, 5.41) is 9.42. The second-order valence-electron chi connectivity index (χ2n) is 6.30. The molecule has 4 aromatic heterocycles. The van der Waals surface area contributed by atoms with Gasteiger partial charge in [0, 0.05) is 6.20 Å². The van der Waals surface area contributed by atoms with Crippen molar-refractivity contribution in [3.8, 4) is 11.6 Å². The Balaban J connectivity index is 1.71. The fourth-order valence-corrected chi connectivity index (χ4v) is 3.21. The molecular weight excluding hydrogens is 374 g/mol. The minimum absolute atomic E-state index is 0.123. The lowest BCUT2D eigenvalue weighted by Gasteiger charge is -2.15. The Morgan fingerprint density at radius 3 is 2.69 bits per heavy atom. The van der Waals surface area contributed by atoms with Crippen LogP contribution in [0.15, 0.2) is 59.3 Å². The number of methoxy groups -OCH3 is 1. The molecule has 1 aromatic carbocycles. The maximum absolute atomic E-state index is 12.5. The molecule has 0 spiro atoms. The second-order valence-corrected chi connectivity index (χ2v) is 6.30. The Kier molecular flexibility index (Phi) is 3.76. The maximum atomic E-state index is 12.5. The van der Waals surface area contributed by atoms with Crippen LogP contribution in [0.2, 0.25) is 0 Å². The molecule has 10 heteroatoms. The van der Waals surface area contributed by atoms with E-state index in [1.807, 2.05) is 30.3 Å². The topological polar surface area (TPSA) is 126 Å². The number of anilines is 1. The number of hydrogen-bond acceptors (Lipinski definition) is 8. The van der Waals surface area contributed by atoms with Crippen LogP contribution >= 0.6 is 0 Å². The van der Waals surface area contributed by atoms with Crippen molar-refractivity contribution in [2.24, 2.45) is 0 Å². The van der Waals surface area contributed by atoms with Crippen LogP contribution in [0.1, 0.15) is 11.6 Å². The maximum Gasteiger partial charge on any atom is 0.335 e. The molecule has 10 nitrogen and oxygen atoms in total. The molecule has 0 aliphatic carbocycles. The van der Waals surface area contributed by atoms with Gasteiger partial charge in [-0.25, -0.2) is 9.78 Å². The van der Waals surface area contributed by atoms with Gasteiger partial charge in [-0.2, -0.15) is 14.6 Å². The van der Waals surface area contributed by atoms with Gasteiger partial charge in [0.2, 0.25) is 11.8 Å². The number of ether oxygens (including phenoxy) is 1. The second kappa shape index (κ2) is 6.44. The third-order valence-electron chi connectivity index (χ3n) is 4.54. The number of esters is 1. The molecule has 0 aliphatic rings. The van der Waals surface area contributed by atoms with E-state index >= 15 is 0 Å². The van der Waals surface area contributed by atoms with Gasteiger partial charge in [-0.05, 0) is 17.7 Å². The lowest BCUT2D eigenvalue weighted by Crippen LogP contribution is -2.22. The van der Waals surface area contributed by atoms with Crippen molar-refractivity contribution in [3.05, 3.63) is 60.5 Å². The summed E-state index contributed by atoms with van der Waals surface area (Å²) in [6.45, 7) is 0. The van der Waals surface area contributed by atoms with E-state index in [0.717, 1.165) is 5.56 Å². The van der Waals surface area contributed by atoms with Crippen molar-refractivity contribution in [2.45, 2.75) is 6.04 Å². The van der Waals surface area contributed by atoms with E-state index in [1.165, 1.54) is 22.6 Å². The van der Waals surface area contributed by atoms with Crippen molar-refractivity contribution in [3.63, 3.8) is 0 Å². The van der Waals surface area contributed by atoms with Gasteiger partial charge in [-0.3, -0.25) is 4.68 Å². The first-order valence-corrected chi connectivity index (χ1v) is 8.73. The molecule has 29 heavy (non-hydrogen) atoms. The summed E-state index contributed by atoms with van der Waals surface area (Å²) in [7, 11) is 1.34. The molecule has 0 aliphatic heterocycles.